The predicted molar refractivity (Wildman–Crippen MR) is 77.5 cm³/mol. The fraction of sp³-hybridized carbons (Fsp3) is 0.562. The highest BCUT2D eigenvalue weighted by molar-refractivity contribution is 5.80. The van der Waals surface area contributed by atoms with Crippen molar-refractivity contribution in [2.24, 2.45) is 5.92 Å². The molecule has 0 radical (unpaired) electrons. The van der Waals surface area contributed by atoms with Crippen LogP contribution >= 0.6 is 0 Å². The minimum Gasteiger partial charge on any atom is -0.322 e. The Kier molecular flexibility index (Phi) is 5.12. The number of hydrogen-bond acceptors (Lipinski definition) is 2. The zero-order chi connectivity index (χ0) is 14.5. The van der Waals surface area contributed by atoms with E-state index in [1.807, 2.05) is 0 Å². The van der Waals surface area contributed by atoms with Crippen LogP contribution in [0.2, 0.25) is 0 Å². The Morgan fingerprint density at radius 3 is 2.80 bits per heavy atom. The number of nitrogens with zero attached hydrogens (tertiary/aromatic N) is 1. The standard InChI is InChI=1S/C16H23FN2O/c1-12(2)7-5-6-10-19-15(20)11-18-16(19)13-8-3-4-9-14(13)17/h3-4,8-9,12,16,18H,5-7,10-11H2,1-2H3. The molecule has 1 aromatic carbocycles. The average molecular weight is 278 g/mol. The first kappa shape index (κ1) is 15.0. The summed E-state index contributed by atoms with van der Waals surface area (Å²) in [5.41, 5.74) is 0.558. The first-order chi connectivity index (χ1) is 9.59. The summed E-state index contributed by atoms with van der Waals surface area (Å²) in [6, 6.07) is 6.66. The Bertz CT molecular complexity index is 462. The van der Waals surface area contributed by atoms with Crippen molar-refractivity contribution < 1.29 is 9.18 Å². The number of halogens is 1. The minimum absolute atomic E-state index is 0.0581. The molecule has 0 bridgehead atoms. The second-order valence-electron chi connectivity index (χ2n) is 5.78. The fourth-order valence-corrected chi connectivity index (χ4v) is 2.60. The monoisotopic (exact) mass is 278 g/mol. The molecule has 1 atom stereocenters. The Hall–Kier alpha value is -1.42. The molecule has 4 heteroatoms. The summed E-state index contributed by atoms with van der Waals surface area (Å²) in [5.74, 6) is 0.486. The zero-order valence-electron chi connectivity index (χ0n) is 12.2. The number of rotatable bonds is 6. The van der Waals surface area contributed by atoms with Crippen molar-refractivity contribution in [1.82, 2.24) is 10.2 Å². The molecule has 1 aliphatic heterocycles. The van der Waals surface area contributed by atoms with Gasteiger partial charge in [0.2, 0.25) is 5.91 Å². The number of carbonyl (C=O) groups excluding carboxylic acids is 1. The zero-order valence-corrected chi connectivity index (χ0v) is 12.2. The molecular formula is C16H23FN2O. The van der Waals surface area contributed by atoms with Crippen molar-refractivity contribution in [2.45, 2.75) is 39.3 Å². The minimum atomic E-state index is -0.317. The number of hydrogen-bond donors (Lipinski definition) is 1. The van der Waals surface area contributed by atoms with E-state index in [-0.39, 0.29) is 17.9 Å². The summed E-state index contributed by atoms with van der Waals surface area (Å²) < 4.78 is 13.9. The number of unbranched alkanes of at least 4 members (excludes halogenated alkanes) is 1. The van der Waals surface area contributed by atoms with Crippen LogP contribution in [0.4, 0.5) is 4.39 Å². The maximum absolute atomic E-state index is 13.9. The molecule has 110 valence electrons. The van der Waals surface area contributed by atoms with Gasteiger partial charge in [0, 0.05) is 12.1 Å². The molecule has 1 heterocycles. The largest absolute Gasteiger partial charge is 0.322 e. The molecule has 2 rings (SSSR count). The molecule has 1 fully saturated rings. The van der Waals surface area contributed by atoms with E-state index in [2.05, 4.69) is 19.2 Å². The predicted octanol–water partition coefficient (Wildman–Crippen LogP) is 3.08. The molecule has 0 saturated carbocycles. The van der Waals surface area contributed by atoms with Crippen LogP contribution in [-0.4, -0.2) is 23.9 Å². The van der Waals surface area contributed by atoms with Crippen molar-refractivity contribution in [2.75, 3.05) is 13.1 Å². The molecule has 0 aromatic heterocycles. The fourth-order valence-electron chi connectivity index (χ4n) is 2.60. The van der Waals surface area contributed by atoms with Crippen LogP contribution in [0.25, 0.3) is 0 Å². The Morgan fingerprint density at radius 2 is 2.10 bits per heavy atom. The van der Waals surface area contributed by atoms with Crippen molar-refractivity contribution in [3.63, 3.8) is 0 Å². The Labute approximate surface area is 120 Å². The number of amides is 1. The lowest BCUT2D eigenvalue weighted by molar-refractivity contribution is -0.128. The van der Waals surface area contributed by atoms with Gasteiger partial charge in [0.15, 0.2) is 0 Å². The summed E-state index contributed by atoms with van der Waals surface area (Å²) in [4.78, 5) is 13.7. The van der Waals surface area contributed by atoms with E-state index < -0.39 is 0 Å². The van der Waals surface area contributed by atoms with Crippen molar-refractivity contribution in [3.05, 3.63) is 35.6 Å². The first-order valence-electron chi connectivity index (χ1n) is 7.37. The molecule has 1 amide bonds. The lowest BCUT2D eigenvalue weighted by Crippen LogP contribution is -2.31. The van der Waals surface area contributed by atoms with E-state index >= 15 is 0 Å². The lowest BCUT2D eigenvalue weighted by Gasteiger charge is -2.25. The van der Waals surface area contributed by atoms with Gasteiger partial charge < -0.3 is 4.90 Å². The van der Waals surface area contributed by atoms with Gasteiger partial charge in [-0.05, 0) is 18.4 Å². The van der Waals surface area contributed by atoms with Gasteiger partial charge in [-0.15, -0.1) is 0 Å². The number of carbonyl (C=O) groups is 1. The summed E-state index contributed by atoms with van der Waals surface area (Å²) in [5, 5.41) is 3.10. The molecule has 1 aliphatic rings. The van der Waals surface area contributed by atoms with Gasteiger partial charge in [-0.3, -0.25) is 10.1 Å². The van der Waals surface area contributed by atoms with Gasteiger partial charge in [0.25, 0.3) is 0 Å². The smallest absolute Gasteiger partial charge is 0.238 e. The average Bonchev–Trinajstić information content (AvgIpc) is 2.76. The van der Waals surface area contributed by atoms with E-state index in [4.69, 9.17) is 0 Å². The molecule has 1 unspecified atom stereocenters. The second kappa shape index (κ2) is 6.84. The highest BCUT2D eigenvalue weighted by atomic mass is 19.1. The summed E-state index contributed by atoms with van der Waals surface area (Å²) in [6.07, 6.45) is 2.92. The molecule has 3 nitrogen and oxygen atoms in total. The van der Waals surface area contributed by atoms with Crippen molar-refractivity contribution >= 4 is 5.91 Å². The quantitative estimate of drug-likeness (QED) is 0.811. The second-order valence-corrected chi connectivity index (χ2v) is 5.78. The highest BCUT2D eigenvalue weighted by Crippen LogP contribution is 2.25. The van der Waals surface area contributed by atoms with E-state index in [1.54, 1.807) is 23.1 Å². The van der Waals surface area contributed by atoms with Gasteiger partial charge in [0.05, 0.1) is 6.54 Å². The maximum Gasteiger partial charge on any atom is 0.238 e. The highest BCUT2D eigenvalue weighted by Gasteiger charge is 2.32. The van der Waals surface area contributed by atoms with E-state index in [1.165, 1.54) is 12.5 Å². The topological polar surface area (TPSA) is 32.3 Å². The van der Waals surface area contributed by atoms with E-state index in [0.717, 1.165) is 12.8 Å². The van der Waals surface area contributed by atoms with Crippen LogP contribution in [0.3, 0.4) is 0 Å². The molecule has 0 spiro atoms. The van der Waals surface area contributed by atoms with Crippen LogP contribution in [-0.2, 0) is 4.79 Å². The molecule has 1 aromatic rings. The SMILES string of the molecule is CC(C)CCCCN1C(=O)CNC1c1ccccc1F. The lowest BCUT2D eigenvalue weighted by atomic mass is 10.1. The normalized spacial score (nSPS) is 19.1. The van der Waals surface area contributed by atoms with Crippen molar-refractivity contribution in [1.29, 1.82) is 0 Å². The van der Waals surface area contributed by atoms with Gasteiger partial charge >= 0.3 is 0 Å². The van der Waals surface area contributed by atoms with Gasteiger partial charge in [0.1, 0.15) is 12.0 Å². The number of nitrogens with one attached hydrogen (secondary N) is 1. The van der Waals surface area contributed by atoms with Gasteiger partial charge in [-0.1, -0.05) is 44.9 Å². The van der Waals surface area contributed by atoms with E-state index in [9.17, 15) is 9.18 Å². The first-order valence-corrected chi connectivity index (χ1v) is 7.37. The van der Waals surface area contributed by atoms with Crippen molar-refractivity contribution in [3.8, 4) is 0 Å². The molecule has 1 saturated heterocycles. The molecule has 20 heavy (non-hydrogen) atoms. The number of benzene rings is 1. The summed E-state index contributed by atoms with van der Waals surface area (Å²) in [7, 11) is 0. The van der Waals surface area contributed by atoms with E-state index in [0.29, 0.717) is 24.6 Å². The summed E-state index contributed by atoms with van der Waals surface area (Å²) in [6.45, 7) is 5.39. The molecule has 1 N–H and O–H groups in total. The third kappa shape index (κ3) is 3.57. The third-order valence-corrected chi connectivity index (χ3v) is 3.71. The Morgan fingerprint density at radius 1 is 1.35 bits per heavy atom. The van der Waals surface area contributed by atoms with Crippen LogP contribution in [0, 0.1) is 11.7 Å². The molecular weight excluding hydrogens is 255 g/mol. The maximum atomic E-state index is 13.9. The van der Waals surface area contributed by atoms with Gasteiger partial charge in [-0.2, -0.15) is 0 Å². The van der Waals surface area contributed by atoms with Crippen LogP contribution in [0.15, 0.2) is 24.3 Å². The van der Waals surface area contributed by atoms with Gasteiger partial charge in [-0.25, -0.2) is 4.39 Å². The van der Waals surface area contributed by atoms with Crippen LogP contribution in [0.5, 0.6) is 0 Å². The van der Waals surface area contributed by atoms with Crippen LogP contribution in [0.1, 0.15) is 44.8 Å². The Balaban J connectivity index is 1.98. The molecule has 0 aliphatic carbocycles. The summed E-state index contributed by atoms with van der Waals surface area (Å²) >= 11 is 0. The van der Waals surface area contributed by atoms with Crippen LogP contribution < -0.4 is 5.32 Å². The third-order valence-electron chi connectivity index (χ3n) is 3.71.